The predicted molar refractivity (Wildman–Crippen MR) is 293 cm³/mol. The number of benzene rings is 11. The molecule has 72 heavy (non-hydrogen) atoms. The van der Waals surface area contributed by atoms with Gasteiger partial charge >= 0.3 is 0 Å². The normalized spacial score (nSPS) is 14.4. The van der Waals surface area contributed by atoms with Crippen LogP contribution in [-0.4, -0.2) is 0 Å². The summed E-state index contributed by atoms with van der Waals surface area (Å²) in [5, 5.41) is 2.25. The Balaban J connectivity index is 0.958. The summed E-state index contributed by atoms with van der Waals surface area (Å²) >= 11 is 1.88. The van der Waals surface area contributed by atoms with Crippen molar-refractivity contribution in [3.63, 3.8) is 0 Å². The van der Waals surface area contributed by atoms with Crippen LogP contribution in [0.3, 0.4) is 0 Å². The van der Waals surface area contributed by atoms with Gasteiger partial charge < -0.3 is 14.1 Å². The summed E-state index contributed by atoms with van der Waals surface area (Å²) in [5.74, 6) is 1.78. The number of hydrogen-bond acceptors (Lipinski definition) is 4. The van der Waals surface area contributed by atoms with Gasteiger partial charge in [-0.15, -0.1) is 0 Å². The SMILES string of the molecule is c1ccc2c(c1)Oc1ccccc1C21c2ccccc2-c2cc(N(c3ccc(-c4cccc5c4oc4ccccc45)cc3)c3cccc4c3-c3ccccc3C43c4ccccc4Sc4ccccc43)ccc21. The van der Waals surface area contributed by atoms with E-state index in [0.717, 1.165) is 72.8 Å². The van der Waals surface area contributed by atoms with E-state index < -0.39 is 10.8 Å². The highest BCUT2D eigenvalue weighted by Gasteiger charge is 2.53. The number of fused-ring (bicyclic) bond motifs is 21. The number of para-hydroxylation sites is 4. The van der Waals surface area contributed by atoms with E-state index in [1.54, 1.807) is 0 Å². The zero-order chi connectivity index (χ0) is 47.1. The van der Waals surface area contributed by atoms with Crippen molar-refractivity contribution < 1.29 is 9.15 Å². The number of nitrogens with zero attached hydrogens (tertiary/aromatic N) is 1. The molecule has 16 rings (SSSR count). The van der Waals surface area contributed by atoms with Gasteiger partial charge in [-0.05, 0) is 116 Å². The lowest BCUT2D eigenvalue weighted by Crippen LogP contribution is -2.32. The van der Waals surface area contributed by atoms with Crippen molar-refractivity contribution in [2.45, 2.75) is 20.6 Å². The first-order valence-corrected chi connectivity index (χ1v) is 25.6. The van der Waals surface area contributed by atoms with Crippen molar-refractivity contribution in [1.29, 1.82) is 0 Å². The topological polar surface area (TPSA) is 25.6 Å². The average Bonchev–Trinajstić information content (AvgIpc) is 4.07. The molecule has 4 heteroatoms. The van der Waals surface area contributed by atoms with E-state index in [1.165, 1.54) is 65.4 Å². The molecule has 0 fully saturated rings. The van der Waals surface area contributed by atoms with Gasteiger partial charge in [-0.25, -0.2) is 0 Å². The van der Waals surface area contributed by atoms with Gasteiger partial charge in [-0.2, -0.15) is 0 Å². The maximum Gasteiger partial charge on any atom is 0.143 e. The fraction of sp³-hybridized carbons (Fsp3) is 0.0294. The van der Waals surface area contributed by atoms with Gasteiger partial charge in [-0.3, -0.25) is 0 Å². The summed E-state index contributed by atoms with van der Waals surface area (Å²) < 4.78 is 13.3. The van der Waals surface area contributed by atoms with Gasteiger partial charge in [0.05, 0.1) is 16.5 Å². The zero-order valence-electron chi connectivity index (χ0n) is 38.8. The van der Waals surface area contributed by atoms with Gasteiger partial charge in [0.25, 0.3) is 0 Å². The van der Waals surface area contributed by atoms with Crippen LogP contribution in [0.25, 0.3) is 55.3 Å². The van der Waals surface area contributed by atoms with Crippen LogP contribution in [0.5, 0.6) is 11.5 Å². The maximum absolute atomic E-state index is 6.70. The molecule has 3 heterocycles. The molecule has 0 unspecified atom stereocenters. The van der Waals surface area contributed by atoms with Crippen LogP contribution in [0.2, 0.25) is 0 Å². The Kier molecular flexibility index (Phi) is 8.24. The molecule has 2 aliphatic carbocycles. The van der Waals surface area contributed by atoms with E-state index in [4.69, 9.17) is 9.15 Å². The second-order valence-electron chi connectivity index (χ2n) is 19.4. The van der Waals surface area contributed by atoms with Crippen LogP contribution < -0.4 is 9.64 Å². The summed E-state index contributed by atoms with van der Waals surface area (Å²) in [5.41, 5.74) is 21.1. The molecule has 3 nitrogen and oxygen atoms in total. The highest BCUT2D eigenvalue weighted by molar-refractivity contribution is 7.99. The minimum Gasteiger partial charge on any atom is -0.457 e. The van der Waals surface area contributed by atoms with E-state index in [-0.39, 0.29) is 0 Å². The van der Waals surface area contributed by atoms with E-state index in [0.29, 0.717) is 0 Å². The molecule has 1 aromatic heterocycles. The Labute approximate surface area is 421 Å². The number of hydrogen-bond donors (Lipinski definition) is 0. The summed E-state index contributed by atoms with van der Waals surface area (Å²) in [4.78, 5) is 5.09. The smallest absolute Gasteiger partial charge is 0.143 e. The van der Waals surface area contributed by atoms with E-state index in [1.807, 2.05) is 17.8 Å². The Morgan fingerprint density at radius 2 is 0.861 bits per heavy atom. The molecular formula is C68H41NO2S. The van der Waals surface area contributed by atoms with Crippen molar-refractivity contribution in [2.75, 3.05) is 4.90 Å². The summed E-state index contributed by atoms with van der Waals surface area (Å²) in [7, 11) is 0. The molecule has 12 aromatic rings. The van der Waals surface area contributed by atoms with Crippen LogP contribution >= 0.6 is 11.8 Å². The number of ether oxygens (including phenoxy) is 1. The molecular weight excluding hydrogens is 895 g/mol. The molecule has 11 aromatic carbocycles. The van der Waals surface area contributed by atoms with Gasteiger partial charge in [0.1, 0.15) is 22.7 Å². The molecule has 0 atom stereocenters. The number of anilines is 3. The summed E-state index contributed by atoms with van der Waals surface area (Å²) in [6.45, 7) is 0. The standard InChI is InChI=1S/C68H41NO2S/c1-4-22-51-46(17-1)50-41-44(39-40-53(50)67(51)54-24-6-11-31-61(54)70-62-32-12-7-25-55(62)67)69(43-37-35-42(36-38-43)45-20-15-21-48-47-18-3-10-30-60(47)71-66(45)48)59-29-16-28-58-65(59)49-19-2-5-23-52(49)68(58)56-26-8-13-33-63(56)72-64-34-14-9-27-57(64)68/h1-41H. The molecule has 4 aliphatic rings. The summed E-state index contributed by atoms with van der Waals surface area (Å²) in [6, 6.07) is 91.6. The molecule has 0 saturated heterocycles. The van der Waals surface area contributed by atoms with E-state index in [2.05, 4.69) is 248 Å². The highest BCUT2D eigenvalue weighted by atomic mass is 32.2. The Morgan fingerprint density at radius 3 is 1.60 bits per heavy atom. The minimum atomic E-state index is -0.570. The number of furan rings is 1. The monoisotopic (exact) mass is 935 g/mol. The van der Waals surface area contributed by atoms with Crippen LogP contribution in [0, 0.1) is 0 Å². The van der Waals surface area contributed by atoms with Gasteiger partial charge in [-0.1, -0.05) is 200 Å². The second-order valence-corrected chi connectivity index (χ2v) is 20.5. The molecule has 0 radical (unpaired) electrons. The zero-order valence-corrected chi connectivity index (χ0v) is 39.7. The minimum absolute atomic E-state index is 0.520. The van der Waals surface area contributed by atoms with Crippen molar-refractivity contribution >= 4 is 50.8 Å². The molecule has 0 saturated carbocycles. The van der Waals surface area contributed by atoms with E-state index >= 15 is 0 Å². The molecule has 0 N–H and O–H groups in total. The van der Waals surface area contributed by atoms with Crippen molar-refractivity contribution in [1.82, 2.24) is 0 Å². The van der Waals surface area contributed by atoms with Crippen LogP contribution in [0.15, 0.2) is 263 Å². The quantitative estimate of drug-likeness (QED) is 0.176. The van der Waals surface area contributed by atoms with Crippen LogP contribution in [0.1, 0.15) is 44.5 Å². The molecule has 336 valence electrons. The van der Waals surface area contributed by atoms with Crippen molar-refractivity contribution in [3.8, 4) is 44.9 Å². The van der Waals surface area contributed by atoms with Gasteiger partial charge in [0, 0.05) is 54.2 Å². The third kappa shape index (κ3) is 5.16. The fourth-order valence-electron chi connectivity index (χ4n) is 13.2. The van der Waals surface area contributed by atoms with E-state index in [9.17, 15) is 0 Å². The van der Waals surface area contributed by atoms with Gasteiger partial charge in [0.2, 0.25) is 0 Å². The predicted octanol–water partition coefficient (Wildman–Crippen LogP) is 18.0. The summed E-state index contributed by atoms with van der Waals surface area (Å²) in [6.07, 6.45) is 0. The molecule has 0 amide bonds. The van der Waals surface area contributed by atoms with Crippen LogP contribution in [0.4, 0.5) is 17.1 Å². The first kappa shape index (κ1) is 40.0. The largest absolute Gasteiger partial charge is 0.457 e. The van der Waals surface area contributed by atoms with Crippen LogP contribution in [-0.2, 0) is 10.8 Å². The first-order chi connectivity index (χ1) is 35.7. The lowest BCUT2D eigenvalue weighted by atomic mass is 9.66. The third-order valence-electron chi connectivity index (χ3n) is 16.0. The lowest BCUT2D eigenvalue weighted by Gasteiger charge is -2.40. The average molecular weight is 936 g/mol. The Morgan fingerprint density at radius 1 is 0.347 bits per heavy atom. The molecule has 2 spiro atoms. The highest BCUT2D eigenvalue weighted by Crippen LogP contribution is 2.66. The first-order valence-electron chi connectivity index (χ1n) is 24.7. The Hall–Kier alpha value is -8.83. The van der Waals surface area contributed by atoms with Gasteiger partial charge in [0.15, 0.2) is 0 Å². The molecule has 2 aliphatic heterocycles. The maximum atomic E-state index is 6.70. The van der Waals surface area contributed by atoms with Crippen molar-refractivity contribution in [2.24, 2.45) is 0 Å². The second kappa shape index (κ2) is 14.8. The Bertz CT molecular complexity index is 4170. The molecule has 0 bridgehead atoms. The number of rotatable bonds is 4. The fourth-order valence-corrected chi connectivity index (χ4v) is 14.4. The van der Waals surface area contributed by atoms with Crippen molar-refractivity contribution in [3.05, 3.63) is 293 Å². The lowest BCUT2D eigenvalue weighted by molar-refractivity contribution is 0.436. The third-order valence-corrected chi connectivity index (χ3v) is 17.2.